The molecule has 0 aliphatic rings. The quantitative estimate of drug-likeness (QED) is 0.891. The fourth-order valence-electron chi connectivity index (χ4n) is 2.42. The van der Waals surface area contributed by atoms with Crippen LogP contribution in [0.3, 0.4) is 0 Å². The number of ether oxygens (including phenoxy) is 1. The lowest BCUT2D eigenvalue weighted by Crippen LogP contribution is -2.34. The maximum absolute atomic E-state index is 12.3. The van der Waals surface area contributed by atoms with E-state index in [1.54, 1.807) is 31.4 Å². The van der Waals surface area contributed by atoms with Crippen molar-refractivity contribution in [1.29, 1.82) is 0 Å². The number of amides is 1. The molecular formula is C19H24N2O2. The van der Waals surface area contributed by atoms with Crippen LogP contribution in [-0.2, 0) is 0 Å². The zero-order valence-corrected chi connectivity index (χ0v) is 14.2. The van der Waals surface area contributed by atoms with Crippen LogP contribution in [0.25, 0.3) is 0 Å². The topological polar surface area (TPSA) is 41.6 Å². The van der Waals surface area contributed by atoms with Crippen molar-refractivity contribution in [2.75, 3.05) is 27.7 Å². The third kappa shape index (κ3) is 4.57. The van der Waals surface area contributed by atoms with Gasteiger partial charge in [0, 0.05) is 12.1 Å². The van der Waals surface area contributed by atoms with Crippen LogP contribution >= 0.6 is 0 Å². The minimum absolute atomic E-state index is 0.0772. The lowest BCUT2D eigenvalue weighted by atomic mass is 10.0. The van der Waals surface area contributed by atoms with Gasteiger partial charge < -0.3 is 15.0 Å². The number of aryl methyl sites for hydroxylation is 1. The Morgan fingerprint density at radius 1 is 1.09 bits per heavy atom. The number of rotatable bonds is 6. The van der Waals surface area contributed by atoms with Crippen molar-refractivity contribution < 1.29 is 9.53 Å². The summed E-state index contributed by atoms with van der Waals surface area (Å²) in [5, 5.41) is 3.01. The molecule has 122 valence electrons. The van der Waals surface area contributed by atoms with Gasteiger partial charge in [-0.05, 0) is 50.8 Å². The van der Waals surface area contributed by atoms with Gasteiger partial charge in [-0.25, -0.2) is 0 Å². The first kappa shape index (κ1) is 17.0. The van der Waals surface area contributed by atoms with Gasteiger partial charge in [0.1, 0.15) is 5.75 Å². The molecule has 2 aromatic rings. The summed E-state index contributed by atoms with van der Waals surface area (Å²) in [5.41, 5.74) is 3.05. The molecule has 1 N–H and O–H groups in total. The monoisotopic (exact) mass is 312 g/mol. The molecule has 1 unspecified atom stereocenters. The van der Waals surface area contributed by atoms with Crippen LogP contribution in [0, 0.1) is 6.92 Å². The van der Waals surface area contributed by atoms with Crippen LogP contribution in [0.1, 0.15) is 27.5 Å². The number of benzene rings is 2. The van der Waals surface area contributed by atoms with E-state index < -0.39 is 0 Å². The molecule has 1 atom stereocenters. The second-order valence-corrected chi connectivity index (χ2v) is 5.83. The minimum Gasteiger partial charge on any atom is -0.497 e. The number of likely N-dealkylation sites (N-methyl/N-ethyl adjacent to an activating group) is 1. The summed E-state index contributed by atoms with van der Waals surface area (Å²) in [7, 11) is 5.65. The fourth-order valence-corrected chi connectivity index (χ4v) is 2.42. The number of nitrogens with zero attached hydrogens (tertiary/aromatic N) is 1. The van der Waals surface area contributed by atoms with E-state index >= 15 is 0 Å². The van der Waals surface area contributed by atoms with Gasteiger partial charge in [0.25, 0.3) is 5.91 Å². The molecule has 0 spiro atoms. The van der Waals surface area contributed by atoms with Crippen LogP contribution in [0.4, 0.5) is 0 Å². The van der Waals surface area contributed by atoms with Crippen LogP contribution in [0.15, 0.2) is 48.5 Å². The van der Waals surface area contributed by atoms with Crippen molar-refractivity contribution in [3.8, 4) is 5.75 Å². The molecule has 2 rings (SSSR count). The number of hydrogen-bond acceptors (Lipinski definition) is 3. The maximum Gasteiger partial charge on any atom is 0.251 e. The molecule has 0 saturated heterocycles. The van der Waals surface area contributed by atoms with Gasteiger partial charge in [-0.1, -0.05) is 29.8 Å². The molecule has 1 amide bonds. The maximum atomic E-state index is 12.3. The molecule has 0 aliphatic heterocycles. The van der Waals surface area contributed by atoms with Gasteiger partial charge in [0.2, 0.25) is 0 Å². The molecule has 23 heavy (non-hydrogen) atoms. The van der Waals surface area contributed by atoms with Gasteiger partial charge in [-0.3, -0.25) is 4.79 Å². The zero-order valence-electron chi connectivity index (χ0n) is 14.2. The summed E-state index contributed by atoms with van der Waals surface area (Å²) in [6, 6.07) is 15.7. The van der Waals surface area contributed by atoms with Crippen molar-refractivity contribution in [2.45, 2.75) is 13.0 Å². The lowest BCUT2D eigenvalue weighted by molar-refractivity contribution is 0.0942. The van der Waals surface area contributed by atoms with Gasteiger partial charge in [-0.15, -0.1) is 0 Å². The van der Waals surface area contributed by atoms with Gasteiger partial charge in [0.15, 0.2) is 0 Å². The average molecular weight is 312 g/mol. The molecule has 0 saturated carbocycles. The summed E-state index contributed by atoms with van der Waals surface area (Å²) in [5.74, 6) is 0.666. The highest BCUT2D eigenvalue weighted by Gasteiger charge is 2.15. The smallest absolute Gasteiger partial charge is 0.251 e. The van der Waals surface area contributed by atoms with Crippen LogP contribution in [0.5, 0.6) is 5.75 Å². The SMILES string of the molecule is COc1ccc(C(=O)NCC(c2ccc(C)cc2)N(C)C)cc1. The molecule has 0 radical (unpaired) electrons. The predicted molar refractivity (Wildman–Crippen MR) is 92.9 cm³/mol. The Kier molecular flexibility index (Phi) is 5.77. The van der Waals surface area contributed by atoms with Gasteiger partial charge in [0.05, 0.1) is 13.2 Å². The Balaban J connectivity index is 2.03. The second kappa shape index (κ2) is 7.79. The third-order valence-electron chi connectivity index (χ3n) is 3.89. The van der Waals surface area contributed by atoms with Crippen molar-refractivity contribution in [3.63, 3.8) is 0 Å². The highest BCUT2D eigenvalue weighted by atomic mass is 16.5. The summed E-state index contributed by atoms with van der Waals surface area (Å²) in [6.45, 7) is 2.63. The van der Waals surface area contributed by atoms with E-state index in [2.05, 4.69) is 41.4 Å². The standard InChI is InChI=1S/C19H24N2O2/c1-14-5-7-15(8-6-14)18(21(2)3)13-20-19(22)16-9-11-17(23-4)12-10-16/h5-12,18H,13H2,1-4H3,(H,20,22). The predicted octanol–water partition coefficient (Wildman–Crippen LogP) is 3.04. The van der Waals surface area contributed by atoms with Crippen molar-refractivity contribution >= 4 is 5.91 Å². The molecule has 4 nitrogen and oxygen atoms in total. The highest BCUT2D eigenvalue weighted by molar-refractivity contribution is 5.94. The summed E-state index contributed by atoms with van der Waals surface area (Å²) in [4.78, 5) is 14.4. The summed E-state index contributed by atoms with van der Waals surface area (Å²) >= 11 is 0. The van der Waals surface area contributed by atoms with Gasteiger partial charge in [-0.2, -0.15) is 0 Å². The fraction of sp³-hybridized carbons (Fsp3) is 0.316. The highest BCUT2D eigenvalue weighted by Crippen LogP contribution is 2.18. The normalized spacial score (nSPS) is 12.0. The number of nitrogens with one attached hydrogen (secondary N) is 1. The molecule has 0 heterocycles. The first-order valence-corrected chi connectivity index (χ1v) is 7.66. The number of carbonyl (C=O) groups excluding carboxylic acids is 1. The summed E-state index contributed by atoms with van der Waals surface area (Å²) < 4.78 is 5.11. The van der Waals surface area contributed by atoms with E-state index in [4.69, 9.17) is 4.74 Å². The van der Waals surface area contributed by atoms with Crippen LogP contribution in [-0.4, -0.2) is 38.6 Å². The average Bonchev–Trinajstić information content (AvgIpc) is 2.56. The van der Waals surface area contributed by atoms with E-state index in [1.165, 1.54) is 11.1 Å². The Morgan fingerprint density at radius 3 is 2.22 bits per heavy atom. The minimum atomic E-state index is -0.0772. The van der Waals surface area contributed by atoms with E-state index in [9.17, 15) is 4.79 Å². The van der Waals surface area contributed by atoms with E-state index in [-0.39, 0.29) is 11.9 Å². The summed E-state index contributed by atoms with van der Waals surface area (Å²) in [6.07, 6.45) is 0. The van der Waals surface area contributed by atoms with Crippen molar-refractivity contribution in [2.24, 2.45) is 0 Å². The number of hydrogen-bond donors (Lipinski definition) is 1. The molecule has 0 aromatic heterocycles. The number of methoxy groups -OCH3 is 1. The van der Waals surface area contributed by atoms with Gasteiger partial charge >= 0.3 is 0 Å². The third-order valence-corrected chi connectivity index (χ3v) is 3.89. The van der Waals surface area contributed by atoms with Crippen LogP contribution < -0.4 is 10.1 Å². The van der Waals surface area contributed by atoms with E-state index in [0.717, 1.165) is 5.75 Å². The molecule has 0 bridgehead atoms. The zero-order chi connectivity index (χ0) is 16.8. The van der Waals surface area contributed by atoms with Crippen LogP contribution in [0.2, 0.25) is 0 Å². The molecule has 2 aromatic carbocycles. The van der Waals surface area contributed by atoms with E-state index in [1.807, 2.05) is 14.1 Å². The Labute approximate surface area is 138 Å². The largest absolute Gasteiger partial charge is 0.497 e. The Morgan fingerprint density at radius 2 is 1.70 bits per heavy atom. The first-order chi connectivity index (χ1) is 11.0. The van der Waals surface area contributed by atoms with Crippen molar-refractivity contribution in [3.05, 3.63) is 65.2 Å². The van der Waals surface area contributed by atoms with E-state index in [0.29, 0.717) is 12.1 Å². The Hall–Kier alpha value is -2.33. The first-order valence-electron chi connectivity index (χ1n) is 7.66. The molecule has 4 heteroatoms. The second-order valence-electron chi connectivity index (χ2n) is 5.83. The Bertz CT molecular complexity index is 633. The molecule has 0 fully saturated rings. The number of carbonyl (C=O) groups is 1. The molecular weight excluding hydrogens is 288 g/mol. The van der Waals surface area contributed by atoms with Crippen molar-refractivity contribution in [1.82, 2.24) is 10.2 Å². The molecule has 0 aliphatic carbocycles. The lowest BCUT2D eigenvalue weighted by Gasteiger charge is -2.25.